The van der Waals surface area contributed by atoms with Crippen molar-refractivity contribution in [2.24, 2.45) is 0 Å². The lowest BCUT2D eigenvalue weighted by molar-refractivity contribution is 0.149. The zero-order valence-electron chi connectivity index (χ0n) is 13.3. The van der Waals surface area contributed by atoms with Gasteiger partial charge in [-0.05, 0) is 50.3 Å². The highest BCUT2D eigenvalue weighted by Crippen LogP contribution is 2.39. The summed E-state index contributed by atoms with van der Waals surface area (Å²) in [5, 5.41) is 3.89. The first-order valence-corrected chi connectivity index (χ1v) is 9.69. The van der Waals surface area contributed by atoms with Crippen molar-refractivity contribution < 1.29 is 4.79 Å². The van der Waals surface area contributed by atoms with E-state index in [1.54, 1.807) is 0 Å². The van der Waals surface area contributed by atoms with Gasteiger partial charge >= 0.3 is 6.03 Å². The lowest BCUT2D eigenvalue weighted by atomic mass is 10.0. The van der Waals surface area contributed by atoms with Crippen molar-refractivity contribution >= 4 is 17.8 Å². The van der Waals surface area contributed by atoms with Crippen molar-refractivity contribution in [2.45, 2.75) is 55.9 Å². The Kier molecular flexibility index (Phi) is 5.29. The van der Waals surface area contributed by atoms with Gasteiger partial charge in [-0.25, -0.2) is 4.79 Å². The van der Waals surface area contributed by atoms with E-state index in [1.807, 2.05) is 17.8 Å². The number of nitrogens with zero attached hydrogens (tertiary/aromatic N) is 1. The van der Waals surface area contributed by atoms with Crippen LogP contribution in [0.1, 0.15) is 37.7 Å². The zero-order valence-corrected chi connectivity index (χ0v) is 14.1. The molecular formula is C18H26N2OS. The van der Waals surface area contributed by atoms with Crippen LogP contribution in [0.4, 0.5) is 4.79 Å². The summed E-state index contributed by atoms with van der Waals surface area (Å²) in [5.41, 5.74) is 1.35. The average Bonchev–Trinajstić information content (AvgIpc) is 2.82. The van der Waals surface area contributed by atoms with Crippen LogP contribution in [0.25, 0.3) is 0 Å². The number of amides is 2. The molecular weight excluding hydrogens is 292 g/mol. The third-order valence-electron chi connectivity index (χ3n) is 5.02. The molecule has 2 heterocycles. The maximum absolute atomic E-state index is 12.5. The number of thioether (sulfide) groups is 1. The first-order chi connectivity index (χ1) is 10.8. The number of hydrogen-bond acceptors (Lipinski definition) is 2. The van der Waals surface area contributed by atoms with Crippen LogP contribution in [0.3, 0.4) is 0 Å². The van der Waals surface area contributed by atoms with Gasteiger partial charge in [0.15, 0.2) is 0 Å². The maximum atomic E-state index is 12.5. The molecule has 0 aliphatic carbocycles. The van der Waals surface area contributed by atoms with E-state index >= 15 is 0 Å². The molecule has 2 atom stereocenters. The van der Waals surface area contributed by atoms with Crippen LogP contribution in [-0.4, -0.2) is 41.1 Å². The van der Waals surface area contributed by atoms with Crippen molar-refractivity contribution in [3.8, 4) is 0 Å². The topological polar surface area (TPSA) is 32.3 Å². The van der Waals surface area contributed by atoms with E-state index in [9.17, 15) is 4.79 Å². The molecule has 3 nitrogen and oxygen atoms in total. The fraction of sp³-hybridized carbons (Fsp3) is 0.611. The largest absolute Gasteiger partial charge is 0.338 e. The Morgan fingerprint density at radius 3 is 2.55 bits per heavy atom. The third kappa shape index (κ3) is 3.60. The second kappa shape index (κ2) is 7.40. The van der Waals surface area contributed by atoms with Crippen LogP contribution in [0.2, 0.25) is 0 Å². The Labute approximate surface area is 137 Å². The average molecular weight is 318 g/mol. The Morgan fingerprint density at radius 1 is 1.23 bits per heavy atom. The number of piperidine rings is 1. The summed E-state index contributed by atoms with van der Waals surface area (Å²) in [7, 11) is 0. The van der Waals surface area contributed by atoms with Gasteiger partial charge in [-0.2, -0.15) is 11.8 Å². The Balaban J connectivity index is 1.43. The van der Waals surface area contributed by atoms with Crippen molar-refractivity contribution in [3.05, 3.63) is 35.9 Å². The Morgan fingerprint density at radius 2 is 1.91 bits per heavy atom. The van der Waals surface area contributed by atoms with Gasteiger partial charge in [0.25, 0.3) is 0 Å². The Bertz CT molecular complexity index is 479. The normalized spacial score (nSPS) is 27.0. The summed E-state index contributed by atoms with van der Waals surface area (Å²) in [5.74, 6) is 0. The first-order valence-electron chi connectivity index (χ1n) is 8.41. The number of aryl methyl sites for hydroxylation is 1. The predicted molar refractivity (Wildman–Crippen MR) is 93.3 cm³/mol. The molecule has 1 N–H and O–H groups in total. The maximum Gasteiger partial charge on any atom is 0.317 e. The molecule has 1 aromatic rings. The molecule has 2 fully saturated rings. The van der Waals surface area contributed by atoms with Crippen LogP contribution in [-0.2, 0) is 6.42 Å². The SMILES string of the molecule is CSC1CC2CCC(C1)N2C(=O)NCCCc1ccccc1. The minimum absolute atomic E-state index is 0.167. The van der Waals surface area contributed by atoms with Gasteiger partial charge in [-0.3, -0.25) is 0 Å². The van der Waals surface area contributed by atoms with Crippen molar-refractivity contribution in [1.82, 2.24) is 10.2 Å². The number of nitrogens with one attached hydrogen (secondary N) is 1. The van der Waals surface area contributed by atoms with Gasteiger partial charge in [0.2, 0.25) is 0 Å². The standard InChI is InChI=1S/C18H26N2OS/c1-22-17-12-15-9-10-16(13-17)20(15)18(21)19-11-5-8-14-6-3-2-4-7-14/h2-4,6-7,15-17H,5,8-13H2,1H3,(H,19,21). The van der Waals surface area contributed by atoms with Crippen LogP contribution in [0.5, 0.6) is 0 Å². The highest BCUT2D eigenvalue weighted by atomic mass is 32.2. The van der Waals surface area contributed by atoms with Crippen LogP contribution >= 0.6 is 11.8 Å². The van der Waals surface area contributed by atoms with Gasteiger partial charge in [-0.15, -0.1) is 0 Å². The molecule has 0 saturated carbocycles. The van der Waals surface area contributed by atoms with E-state index in [4.69, 9.17) is 0 Å². The quantitative estimate of drug-likeness (QED) is 0.840. The minimum Gasteiger partial charge on any atom is -0.338 e. The molecule has 120 valence electrons. The minimum atomic E-state index is 0.167. The Hall–Kier alpha value is -1.16. The summed E-state index contributed by atoms with van der Waals surface area (Å²) in [6.07, 6.45) is 8.97. The molecule has 22 heavy (non-hydrogen) atoms. The van der Waals surface area contributed by atoms with Crippen LogP contribution in [0.15, 0.2) is 30.3 Å². The highest BCUT2D eigenvalue weighted by molar-refractivity contribution is 7.99. The van der Waals surface area contributed by atoms with Crippen LogP contribution in [0, 0.1) is 0 Å². The lowest BCUT2D eigenvalue weighted by Crippen LogP contribution is -2.51. The molecule has 2 unspecified atom stereocenters. The number of hydrogen-bond donors (Lipinski definition) is 1. The number of benzene rings is 1. The number of urea groups is 1. The molecule has 4 heteroatoms. The molecule has 0 spiro atoms. The number of rotatable bonds is 5. The van der Waals surface area contributed by atoms with Gasteiger partial charge in [0.05, 0.1) is 0 Å². The fourth-order valence-electron chi connectivity index (χ4n) is 3.87. The van der Waals surface area contributed by atoms with E-state index < -0.39 is 0 Å². The smallest absolute Gasteiger partial charge is 0.317 e. The van der Waals surface area contributed by atoms with Gasteiger partial charge in [0.1, 0.15) is 0 Å². The summed E-state index contributed by atoms with van der Waals surface area (Å²) in [6, 6.07) is 11.6. The molecule has 0 radical (unpaired) electrons. The fourth-order valence-corrected chi connectivity index (χ4v) is 4.70. The summed E-state index contributed by atoms with van der Waals surface area (Å²) < 4.78 is 0. The van der Waals surface area contributed by atoms with E-state index in [2.05, 4.69) is 40.7 Å². The number of fused-ring (bicyclic) bond motifs is 2. The molecule has 2 saturated heterocycles. The van der Waals surface area contributed by atoms with E-state index in [-0.39, 0.29) is 6.03 Å². The van der Waals surface area contributed by atoms with E-state index in [0.717, 1.165) is 24.6 Å². The molecule has 2 amide bonds. The molecule has 2 bridgehead atoms. The second-order valence-corrected chi connectivity index (χ2v) is 7.58. The third-order valence-corrected chi connectivity index (χ3v) is 6.07. The predicted octanol–water partition coefficient (Wildman–Crippen LogP) is 3.69. The second-order valence-electron chi connectivity index (χ2n) is 6.44. The number of carbonyl (C=O) groups is 1. The summed E-state index contributed by atoms with van der Waals surface area (Å²) in [4.78, 5) is 14.6. The molecule has 0 aromatic heterocycles. The van der Waals surface area contributed by atoms with Gasteiger partial charge < -0.3 is 10.2 Å². The van der Waals surface area contributed by atoms with Crippen molar-refractivity contribution in [2.75, 3.05) is 12.8 Å². The lowest BCUT2D eigenvalue weighted by Gasteiger charge is -2.38. The summed E-state index contributed by atoms with van der Waals surface area (Å²) in [6.45, 7) is 0.773. The van der Waals surface area contributed by atoms with Gasteiger partial charge in [0, 0.05) is 23.9 Å². The van der Waals surface area contributed by atoms with Crippen molar-refractivity contribution in [1.29, 1.82) is 0 Å². The molecule has 1 aromatic carbocycles. The van der Waals surface area contributed by atoms with Crippen molar-refractivity contribution in [3.63, 3.8) is 0 Å². The number of carbonyl (C=O) groups excluding carboxylic acids is 1. The summed E-state index contributed by atoms with van der Waals surface area (Å²) >= 11 is 1.97. The molecule has 2 aliphatic heterocycles. The van der Waals surface area contributed by atoms with Gasteiger partial charge in [-0.1, -0.05) is 30.3 Å². The van der Waals surface area contributed by atoms with E-state index in [0.29, 0.717) is 12.1 Å². The first kappa shape index (κ1) is 15.7. The highest BCUT2D eigenvalue weighted by Gasteiger charge is 2.42. The molecule has 2 aliphatic rings. The monoisotopic (exact) mass is 318 g/mol. The van der Waals surface area contributed by atoms with E-state index in [1.165, 1.54) is 31.2 Å². The molecule has 3 rings (SSSR count). The zero-order chi connectivity index (χ0) is 15.4. The van der Waals surface area contributed by atoms with Crippen LogP contribution < -0.4 is 5.32 Å².